The molecule has 1 atom stereocenters. The SMILES string of the molecule is CS(=O)(=O)OP(=O)(O)OP(=O)(O)O. The largest absolute Gasteiger partial charge is 0.495 e. The van der Waals surface area contributed by atoms with Crippen LogP contribution in [0.1, 0.15) is 0 Å². The van der Waals surface area contributed by atoms with Gasteiger partial charge in [-0.3, -0.25) is 0 Å². The van der Waals surface area contributed by atoms with E-state index >= 15 is 0 Å². The topological polar surface area (TPSA) is 147 Å². The molecule has 0 fully saturated rings. The molecule has 0 amide bonds. The van der Waals surface area contributed by atoms with Gasteiger partial charge < -0.3 is 14.7 Å². The van der Waals surface area contributed by atoms with Crippen molar-refractivity contribution < 1.29 is 40.5 Å². The molecule has 0 rings (SSSR count). The first-order chi connectivity index (χ1) is 5.41. The monoisotopic (exact) mass is 256 g/mol. The molecule has 0 aliphatic rings. The number of phosphoric acid groups is 2. The first kappa shape index (κ1) is 13.2. The van der Waals surface area contributed by atoms with E-state index in [2.05, 4.69) is 8.28 Å². The van der Waals surface area contributed by atoms with Gasteiger partial charge in [0.25, 0.3) is 10.1 Å². The predicted octanol–water partition coefficient (Wildman–Crippen LogP) is -0.828. The quantitative estimate of drug-likeness (QED) is 0.548. The van der Waals surface area contributed by atoms with Gasteiger partial charge in [-0.25, -0.2) is 9.13 Å². The summed E-state index contributed by atoms with van der Waals surface area (Å²) in [5, 5.41) is 0. The second-order valence-corrected chi connectivity index (χ2v) is 6.40. The smallest absolute Gasteiger partial charge is 0.302 e. The molecular formula is CH6O9P2S. The highest BCUT2D eigenvalue weighted by Gasteiger charge is 2.35. The van der Waals surface area contributed by atoms with Crippen molar-refractivity contribution in [3.8, 4) is 0 Å². The molecule has 0 heterocycles. The van der Waals surface area contributed by atoms with E-state index in [9.17, 15) is 17.5 Å². The van der Waals surface area contributed by atoms with Gasteiger partial charge in [-0.15, -0.1) is 0 Å². The fourth-order valence-corrected chi connectivity index (χ4v) is 3.12. The Balaban J connectivity index is 4.63. The summed E-state index contributed by atoms with van der Waals surface area (Å²) in [6.45, 7) is 0. The van der Waals surface area contributed by atoms with Crippen molar-refractivity contribution in [3.05, 3.63) is 0 Å². The molecule has 0 spiro atoms. The Morgan fingerprint density at radius 1 is 1.15 bits per heavy atom. The van der Waals surface area contributed by atoms with Crippen molar-refractivity contribution in [1.29, 1.82) is 0 Å². The minimum Gasteiger partial charge on any atom is -0.302 e. The van der Waals surface area contributed by atoms with Gasteiger partial charge >= 0.3 is 15.6 Å². The van der Waals surface area contributed by atoms with Crippen LogP contribution in [0.4, 0.5) is 0 Å². The van der Waals surface area contributed by atoms with E-state index in [0.717, 1.165) is 0 Å². The molecular weight excluding hydrogens is 250 g/mol. The highest BCUT2D eigenvalue weighted by atomic mass is 32.2. The van der Waals surface area contributed by atoms with E-state index < -0.39 is 25.8 Å². The van der Waals surface area contributed by atoms with E-state index in [1.54, 1.807) is 0 Å². The average Bonchev–Trinajstić information content (AvgIpc) is 1.43. The fourth-order valence-electron chi connectivity index (χ4n) is 0.319. The van der Waals surface area contributed by atoms with Crippen LogP contribution in [0.2, 0.25) is 0 Å². The third-order valence-corrected chi connectivity index (χ3v) is 3.95. The Morgan fingerprint density at radius 2 is 1.54 bits per heavy atom. The Hall–Kier alpha value is 0.210. The Labute approximate surface area is 73.3 Å². The van der Waals surface area contributed by atoms with E-state index in [0.29, 0.717) is 6.26 Å². The van der Waals surface area contributed by atoms with Crippen LogP contribution in [-0.4, -0.2) is 29.4 Å². The van der Waals surface area contributed by atoms with Crippen LogP contribution < -0.4 is 0 Å². The first-order valence-corrected chi connectivity index (χ1v) is 7.26. The van der Waals surface area contributed by atoms with Gasteiger partial charge in [-0.2, -0.15) is 16.7 Å². The van der Waals surface area contributed by atoms with Gasteiger partial charge in [0.1, 0.15) is 0 Å². The lowest BCUT2D eigenvalue weighted by molar-refractivity contribution is 0.232. The second-order valence-electron chi connectivity index (χ2n) is 1.82. The fraction of sp³-hybridized carbons (Fsp3) is 1.00. The molecule has 0 radical (unpaired) electrons. The highest BCUT2D eigenvalue weighted by molar-refractivity contribution is 7.90. The molecule has 13 heavy (non-hydrogen) atoms. The van der Waals surface area contributed by atoms with Crippen molar-refractivity contribution in [3.63, 3.8) is 0 Å². The summed E-state index contributed by atoms with van der Waals surface area (Å²) in [5.74, 6) is 0. The van der Waals surface area contributed by atoms with Crippen molar-refractivity contribution in [2.45, 2.75) is 0 Å². The lowest BCUT2D eigenvalue weighted by atomic mass is 12.0. The van der Waals surface area contributed by atoms with Crippen molar-refractivity contribution in [1.82, 2.24) is 0 Å². The van der Waals surface area contributed by atoms with E-state index in [1.165, 1.54) is 0 Å². The van der Waals surface area contributed by atoms with Crippen LogP contribution in [0.3, 0.4) is 0 Å². The average molecular weight is 256 g/mol. The third-order valence-electron chi connectivity index (χ3n) is 0.439. The molecule has 80 valence electrons. The second kappa shape index (κ2) is 3.76. The van der Waals surface area contributed by atoms with Crippen molar-refractivity contribution in [2.24, 2.45) is 0 Å². The minimum absolute atomic E-state index is 0.416. The molecule has 9 nitrogen and oxygen atoms in total. The summed E-state index contributed by atoms with van der Waals surface area (Å²) in [6.07, 6.45) is 0.416. The van der Waals surface area contributed by atoms with Crippen LogP contribution in [-0.2, 0) is 27.5 Å². The molecule has 12 heteroatoms. The van der Waals surface area contributed by atoms with Crippen LogP contribution in [0.5, 0.6) is 0 Å². The van der Waals surface area contributed by atoms with Gasteiger partial charge in [0.05, 0.1) is 6.26 Å². The van der Waals surface area contributed by atoms with Gasteiger partial charge in [0, 0.05) is 0 Å². The molecule has 0 aliphatic heterocycles. The van der Waals surface area contributed by atoms with Gasteiger partial charge in [-0.1, -0.05) is 0 Å². The zero-order valence-electron chi connectivity index (χ0n) is 6.09. The lowest BCUT2D eigenvalue weighted by Gasteiger charge is -2.09. The molecule has 0 saturated carbocycles. The lowest BCUT2D eigenvalue weighted by Crippen LogP contribution is -2.02. The molecule has 0 bridgehead atoms. The molecule has 0 aliphatic carbocycles. The summed E-state index contributed by atoms with van der Waals surface area (Å²) >= 11 is 0. The predicted molar refractivity (Wildman–Crippen MR) is 38.9 cm³/mol. The third kappa shape index (κ3) is 8.54. The van der Waals surface area contributed by atoms with Gasteiger partial charge in [0.15, 0.2) is 0 Å². The molecule has 1 unspecified atom stereocenters. The number of rotatable bonds is 4. The summed E-state index contributed by atoms with van der Waals surface area (Å²) in [5.41, 5.74) is 0. The normalized spacial score (nSPS) is 18.2. The minimum atomic E-state index is -5.29. The van der Waals surface area contributed by atoms with E-state index in [-0.39, 0.29) is 0 Å². The van der Waals surface area contributed by atoms with Crippen molar-refractivity contribution in [2.75, 3.05) is 6.26 Å². The molecule has 0 aromatic carbocycles. The van der Waals surface area contributed by atoms with Gasteiger partial charge in [0.2, 0.25) is 0 Å². The van der Waals surface area contributed by atoms with E-state index in [1.807, 2.05) is 0 Å². The standard InChI is InChI=1S/CH6O9P2S/c1-13(7,8)10-12(5,6)9-11(2,3)4/h1H3,(H,5,6)(H2,2,3,4). The zero-order chi connectivity index (χ0) is 10.9. The van der Waals surface area contributed by atoms with Crippen LogP contribution in [0.25, 0.3) is 0 Å². The van der Waals surface area contributed by atoms with Crippen molar-refractivity contribution >= 4 is 25.8 Å². The Bertz CT molecular complexity index is 359. The molecule has 0 aromatic heterocycles. The van der Waals surface area contributed by atoms with E-state index in [4.69, 9.17) is 14.7 Å². The highest BCUT2D eigenvalue weighted by Crippen LogP contribution is 2.58. The maximum absolute atomic E-state index is 10.5. The van der Waals surface area contributed by atoms with Crippen LogP contribution in [0.15, 0.2) is 0 Å². The van der Waals surface area contributed by atoms with Gasteiger partial charge in [-0.05, 0) is 0 Å². The number of hydrogen-bond donors (Lipinski definition) is 3. The Kier molecular flexibility index (Phi) is 3.82. The summed E-state index contributed by atoms with van der Waals surface area (Å²) in [4.78, 5) is 24.5. The number of hydrogen-bond acceptors (Lipinski definition) is 6. The van der Waals surface area contributed by atoms with Crippen LogP contribution in [0, 0.1) is 0 Å². The molecule has 3 N–H and O–H groups in total. The summed E-state index contributed by atoms with van der Waals surface area (Å²) < 4.78 is 47.5. The van der Waals surface area contributed by atoms with Crippen LogP contribution >= 0.6 is 15.6 Å². The zero-order valence-corrected chi connectivity index (χ0v) is 8.70. The molecule has 0 saturated heterocycles. The maximum atomic E-state index is 10.5. The summed E-state index contributed by atoms with van der Waals surface area (Å²) in [7, 11) is -14.9. The first-order valence-electron chi connectivity index (χ1n) is 2.42. The summed E-state index contributed by atoms with van der Waals surface area (Å²) in [6, 6.07) is 0. The maximum Gasteiger partial charge on any atom is 0.495 e. The Morgan fingerprint density at radius 3 is 1.77 bits per heavy atom. The molecule has 0 aromatic rings.